The van der Waals surface area contributed by atoms with Gasteiger partial charge in [0, 0.05) is 11.8 Å². The van der Waals surface area contributed by atoms with E-state index < -0.39 is 6.17 Å². The molecule has 0 fully saturated rings. The summed E-state index contributed by atoms with van der Waals surface area (Å²) < 4.78 is 11.3. The van der Waals surface area contributed by atoms with Crippen LogP contribution in [0.1, 0.15) is 22.1 Å². The minimum atomic E-state index is -0.591. The molecular weight excluding hydrogens is 372 g/mol. The van der Waals surface area contributed by atoms with Gasteiger partial charge >= 0.3 is 0 Å². The van der Waals surface area contributed by atoms with E-state index in [1.807, 2.05) is 18.2 Å². The van der Waals surface area contributed by atoms with Crippen LogP contribution >= 0.6 is 0 Å². The highest BCUT2D eigenvalue weighted by atomic mass is 16.6. The van der Waals surface area contributed by atoms with Crippen LogP contribution in [0.25, 0.3) is 0 Å². The Bertz CT molecular complexity index is 1110. The van der Waals surface area contributed by atoms with E-state index in [1.54, 1.807) is 35.2 Å². The molecule has 0 unspecified atom stereocenters. The number of aromatic hydroxyl groups is 2. The molecule has 2 heterocycles. The van der Waals surface area contributed by atoms with Crippen LogP contribution in [0.3, 0.4) is 0 Å². The Kier molecular flexibility index (Phi) is 3.94. The summed E-state index contributed by atoms with van der Waals surface area (Å²) in [4.78, 5) is 15.0. The Labute approximate surface area is 166 Å². The molecule has 2 aliphatic heterocycles. The van der Waals surface area contributed by atoms with Crippen molar-refractivity contribution >= 4 is 17.3 Å². The first-order valence-corrected chi connectivity index (χ1v) is 9.22. The predicted octanol–water partition coefficient (Wildman–Crippen LogP) is 3.64. The number of amides is 1. The average molecular weight is 390 g/mol. The largest absolute Gasteiger partial charge is 0.504 e. The van der Waals surface area contributed by atoms with E-state index in [0.717, 1.165) is 0 Å². The van der Waals surface area contributed by atoms with Crippen molar-refractivity contribution in [3.8, 4) is 23.0 Å². The molecular formula is C22H18N2O5. The second-order valence-electron chi connectivity index (χ2n) is 6.84. The van der Waals surface area contributed by atoms with Gasteiger partial charge in [-0.2, -0.15) is 0 Å². The number of hydrogen-bond acceptors (Lipinski definition) is 6. The average Bonchev–Trinajstić information content (AvgIpc) is 2.75. The van der Waals surface area contributed by atoms with Crippen LogP contribution in [0, 0.1) is 0 Å². The zero-order valence-electron chi connectivity index (χ0n) is 15.3. The van der Waals surface area contributed by atoms with Crippen molar-refractivity contribution in [1.82, 2.24) is 0 Å². The summed E-state index contributed by atoms with van der Waals surface area (Å²) in [5, 5.41) is 23.0. The molecule has 7 nitrogen and oxygen atoms in total. The minimum absolute atomic E-state index is 0.186. The summed E-state index contributed by atoms with van der Waals surface area (Å²) in [5.41, 5.74) is 2.49. The van der Waals surface area contributed by atoms with Crippen molar-refractivity contribution in [2.45, 2.75) is 6.17 Å². The molecule has 0 aliphatic carbocycles. The van der Waals surface area contributed by atoms with Crippen LogP contribution in [0.5, 0.6) is 23.0 Å². The molecule has 1 atom stereocenters. The Morgan fingerprint density at radius 2 is 1.69 bits per heavy atom. The zero-order valence-corrected chi connectivity index (χ0v) is 15.3. The SMILES string of the molecule is O=C1c2ccccc2N[C@H](c2ccc(O)c(O)c2)N1c1ccc2c(c1)OCCO2. The summed E-state index contributed by atoms with van der Waals surface area (Å²) in [5.74, 6) is 0.554. The van der Waals surface area contributed by atoms with E-state index in [9.17, 15) is 15.0 Å². The Balaban J connectivity index is 1.64. The molecule has 0 radical (unpaired) electrons. The quantitative estimate of drug-likeness (QED) is 0.579. The highest BCUT2D eigenvalue weighted by Gasteiger charge is 2.35. The van der Waals surface area contributed by atoms with Crippen molar-refractivity contribution in [3.05, 3.63) is 71.8 Å². The molecule has 3 aromatic rings. The van der Waals surface area contributed by atoms with E-state index in [-0.39, 0.29) is 17.4 Å². The number of carbonyl (C=O) groups excluding carboxylic acids is 1. The van der Waals surface area contributed by atoms with Gasteiger partial charge in [0.05, 0.1) is 11.3 Å². The summed E-state index contributed by atoms with van der Waals surface area (Å²) in [7, 11) is 0. The lowest BCUT2D eigenvalue weighted by Gasteiger charge is -2.38. The maximum atomic E-state index is 13.4. The summed E-state index contributed by atoms with van der Waals surface area (Å²) >= 11 is 0. The van der Waals surface area contributed by atoms with Crippen molar-refractivity contribution in [2.24, 2.45) is 0 Å². The minimum Gasteiger partial charge on any atom is -0.504 e. The number of anilines is 2. The maximum absolute atomic E-state index is 13.4. The van der Waals surface area contributed by atoms with Crippen LogP contribution in [0.15, 0.2) is 60.7 Å². The number of nitrogens with zero attached hydrogens (tertiary/aromatic N) is 1. The first-order valence-electron chi connectivity index (χ1n) is 9.22. The number of phenols is 2. The number of hydrogen-bond donors (Lipinski definition) is 3. The van der Waals surface area contributed by atoms with Gasteiger partial charge in [-0.1, -0.05) is 18.2 Å². The van der Waals surface area contributed by atoms with Gasteiger partial charge < -0.3 is 25.0 Å². The topological polar surface area (TPSA) is 91.3 Å². The van der Waals surface area contributed by atoms with Crippen LogP contribution in [-0.2, 0) is 0 Å². The third kappa shape index (κ3) is 2.87. The van der Waals surface area contributed by atoms with E-state index in [1.165, 1.54) is 12.1 Å². The molecule has 146 valence electrons. The highest BCUT2D eigenvalue weighted by Crippen LogP contribution is 2.41. The summed E-state index contributed by atoms with van der Waals surface area (Å²) in [6.45, 7) is 0.931. The van der Waals surface area contributed by atoms with Gasteiger partial charge in [0.1, 0.15) is 19.4 Å². The summed E-state index contributed by atoms with van der Waals surface area (Å²) in [6, 6.07) is 17.1. The number of fused-ring (bicyclic) bond motifs is 2. The number of ether oxygens (including phenoxy) is 2. The number of phenolic OH excluding ortho intramolecular Hbond substituents is 2. The fourth-order valence-electron chi connectivity index (χ4n) is 3.65. The monoisotopic (exact) mass is 390 g/mol. The van der Waals surface area contributed by atoms with Crippen molar-refractivity contribution in [3.63, 3.8) is 0 Å². The molecule has 7 heteroatoms. The molecule has 29 heavy (non-hydrogen) atoms. The molecule has 1 amide bonds. The van der Waals surface area contributed by atoms with Gasteiger partial charge in [0.15, 0.2) is 23.0 Å². The number of rotatable bonds is 2. The van der Waals surface area contributed by atoms with E-state index >= 15 is 0 Å². The molecule has 0 saturated heterocycles. The summed E-state index contributed by atoms with van der Waals surface area (Å²) in [6.07, 6.45) is -0.591. The third-order valence-corrected chi connectivity index (χ3v) is 5.05. The first kappa shape index (κ1) is 17.2. The third-order valence-electron chi connectivity index (χ3n) is 5.05. The highest BCUT2D eigenvalue weighted by molar-refractivity contribution is 6.12. The second-order valence-corrected chi connectivity index (χ2v) is 6.84. The zero-order chi connectivity index (χ0) is 20.0. The van der Waals surface area contributed by atoms with Crippen LogP contribution in [-0.4, -0.2) is 29.3 Å². The maximum Gasteiger partial charge on any atom is 0.262 e. The fraction of sp³-hybridized carbons (Fsp3) is 0.136. The molecule has 5 rings (SSSR count). The van der Waals surface area contributed by atoms with Crippen molar-refractivity contribution in [1.29, 1.82) is 0 Å². The van der Waals surface area contributed by atoms with Gasteiger partial charge in [-0.25, -0.2) is 0 Å². The number of benzene rings is 3. The molecule has 0 aromatic heterocycles. The van der Waals surface area contributed by atoms with E-state index in [4.69, 9.17) is 9.47 Å². The molecule has 0 saturated carbocycles. The van der Waals surface area contributed by atoms with Gasteiger partial charge in [0.25, 0.3) is 5.91 Å². The fourth-order valence-corrected chi connectivity index (χ4v) is 3.65. The van der Waals surface area contributed by atoms with E-state index in [0.29, 0.717) is 47.2 Å². The number of para-hydroxylation sites is 1. The van der Waals surface area contributed by atoms with Crippen LogP contribution < -0.4 is 19.7 Å². The molecule has 0 bridgehead atoms. The lowest BCUT2D eigenvalue weighted by atomic mass is 10.0. The van der Waals surface area contributed by atoms with E-state index in [2.05, 4.69) is 5.32 Å². The molecule has 3 aromatic carbocycles. The Morgan fingerprint density at radius 3 is 2.52 bits per heavy atom. The first-order chi connectivity index (χ1) is 14.1. The van der Waals surface area contributed by atoms with Gasteiger partial charge in [-0.15, -0.1) is 0 Å². The molecule has 2 aliphatic rings. The number of nitrogens with one attached hydrogen (secondary N) is 1. The second kappa shape index (κ2) is 6.63. The van der Waals surface area contributed by atoms with Crippen LogP contribution in [0.4, 0.5) is 11.4 Å². The van der Waals surface area contributed by atoms with Gasteiger partial charge in [0.2, 0.25) is 0 Å². The van der Waals surface area contributed by atoms with Gasteiger partial charge in [-0.05, 0) is 42.0 Å². The smallest absolute Gasteiger partial charge is 0.262 e. The van der Waals surface area contributed by atoms with Crippen molar-refractivity contribution in [2.75, 3.05) is 23.4 Å². The standard InChI is InChI=1S/C22H18N2O5/c25-17-7-5-13(11-18(17)26)21-23-16-4-2-1-3-15(16)22(27)24(21)14-6-8-19-20(12-14)29-10-9-28-19/h1-8,11-12,21,23,25-26H,9-10H2/t21-/m0/s1. The normalized spacial score (nSPS) is 17.4. The predicted molar refractivity (Wildman–Crippen MR) is 107 cm³/mol. The lowest BCUT2D eigenvalue weighted by molar-refractivity contribution is 0.0974. The van der Waals surface area contributed by atoms with Crippen molar-refractivity contribution < 1.29 is 24.5 Å². The lowest BCUT2D eigenvalue weighted by Crippen LogP contribution is -2.43. The molecule has 3 N–H and O–H groups in total. The Morgan fingerprint density at radius 1 is 0.897 bits per heavy atom. The van der Waals surface area contributed by atoms with Crippen LogP contribution in [0.2, 0.25) is 0 Å². The molecule has 0 spiro atoms. The Hall–Kier alpha value is -3.87. The van der Waals surface area contributed by atoms with Gasteiger partial charge in [-0.3, -0.25) is 9.69 Å². The number of carbonyl (C=O) groups is 1.